The fourth-order valence-corrected chi connectivity index (χ4v) is 3.38. The smallest absolute Gasteiger partial charge is 0.0796 e. The van der Waals surface area contributed by atoms with Crippen molar-refractivity contribution in [2.75, 3.05) is 38.5 Å². The van der Waals surface area contributed by atoms with E-state index in [0.29, 0.717) is 6.10 Å². The van der Waals surface area contributed by atoms with Crippen LogP contribution in [0.5, 0.6) is 0 Å². The van der Waals surface area contributed by atoms with E-state index in [4.69, 9.17) is 4.74 Å². The molecule has 0 aromatic heterocycles. The maximum absolute atomic E-state index is 5.85. The summed E-state index contributed by atoms with van der Waals surface area (Å²) in [4.78, 5) is 3.81. The summed E-state index contributed by atoms with van der Waals surface area (Å²) >= 11 is 1.90. The molecule has 1 unspecified atom stereocenters. The Bertz CT molecular complexity index is 396. The van der Waals surface area contributed by atoms with Gasteiger partial charge in [0.1, 0.15) is 0 Å². The van der Waals surface area contributed by atoms with Gasteiger partial charge in [0.2, 0.25) is 0 Å². The summed E-state index contributed by atoms with van der Waals surface area (Å²) in [5.41, 5.74) is 1.36. The maximum atomic E-state index is 5.85. The van der Waals surface area contributed by atoms with Gasteiger partial charge in [0, 0.05) is 30.3 Å². The molecule has 1 aliphatic heterocycles. The van der Waals surface area contributed by atoms with Gasteiger partial charge in [-0.15, -0.1) is 11.8 Å². The van der Waals surface area contributed by atoms with Crippen LogP contribution in [-0.2, 0) is 11.3 Å². The minimum absolute atomic E-state index is 0.370. The quantitative estimate of drug-likeness (QED) is 0.589. The van der Waals surface area contributed by atoms with E-state index in [9.17, 15) is 0 Å². The largest absolute Gasteiger partial charge is 0.375 e. The fraction of sp³-hybridized carbons (Fsp3) is 0.647. The van der Waals surface area contributed by atoms with E-state index in [0.717, 1.165) is 45.1 Å². The van der Waals surface area contributed by atoms with Crippen LogP contribution in [0, 0.1) is 0 Å². The number of nitrogens with one attached hydrogen (secondary N) is 1. The van der Waals surface area contributed by atoms with Gasteiger partial charge in [-0.3, -0.25) is 4.90 Å². The molecule has 0 spiro atoms. The molecule has 4 heteroatoms. The van der Waals surface area contributed by atoms with E-state index in [1.165, 1.54) is 16.9 Å². The van der Waals surface area contributed by atoms with E-state index >= 15 is 0 Å². The van der Waals surface area contributed by atoms with Crippen LogP contribution in [0.4, 0.5) is 0 Å². The number of benzene rings is 1. The molecule has 1 N–H and O–H groups in total. The number of nitrogens with zero attached hydrogens (tertiary/aromatic N) is 1. The average molecular weight is 308 g/mol. The molecule has 0 radical (unpaired) electrons. The Labute approximate surface area is 133 Å². The minimum atomic E-state index is 0.370. The third-order valence-electron chi connectivity index (χ3n) is 3.79. The SMILES string of the molecule is CCCNCc1ccc(SCC2CN(CC)CCO2)cc1. The molecular formula is C17H28N2OS. The number of hydrogen-bond acceptors (Lipinski definition) is 4. The third-order valence-corrected chi connectivity index (χ3v) is 4.93. The minimum Gasteiger partial charge on any atom is -0.375 e. The monoisotopic (exact) mass is 308 g/mol. The summed E-state index contributed by atoms with van der Waals surface area (Å²) < 4.78 is 5.85. The standard InChI is InChI=1S/C17H28N2OS/c1-3-9-18-12-15-5-7-17(8-6-15)21-14-16-13-19(4-2)10-11-20-16/h5-8,16,18H,3-4,9-14H2,1-2H3. The van der Waals surface area contributed by atoms with E-state index in [2.05, 4.69) is 48.3 Å². The van der Waals surface area contributed by atoms with Gasteiger partial charge in [-0.25, -0.2) is 0 Å². The molecule has 1 atom stereocenters. The topological polar surface area (TPSA) is 24.5 Å². The molecule has 1 aromatic carbocycles. The number of thioether (sulfide) groups is 1. The van der Waals surface area contributed by atoms with Gasteiger partial charge < -0.3 is 10.1 Å². The predicted molar refractivity (Wildman–Crippen MR) is 91.0 cm³/mol. The summed E-state index contributed by atoms with van der Waals surface area (Å²) in [6.45, 7) is 10.6. The lowest BCUT2D eigenvalue weighted by Gasteiger charge is -2.31. The van der Waals surface area contributed by atoms with Crippen LogP contribution in [0.25, 0.3) is 0 Å². The molecule has 1 aliphatic rings. The van der Waals surface area contributed by atoms with Crippen molar-refractivity contribution in [2.24, 2.45) is 0 Å². The summed E-state index contributed by atoms with van der Waals surface area (Å²) in [6, 6.07) is 8.91. The lowest BCUT2D eigenvalue weighted by atomic mass is 10.2. The summed E-state index contributed by atoms with van der Waals surface area (Å²) in [7, 11) is 0. The highest BCUT2D eigenvalue weighted by atomic mass is 32.2. The van der Waals surface area contributed by atoms with Gasteiger partial charge in [0.05, 0.1) is 12.7 Å². The first-order valence-corrected chi connectivity index (χ1v) is 9.06. The molecule has 2 rings (SSSR count). The van der Waals surface area contributed by atoms with E-state index in [1.807, 2.05) is 11.8 Å². The molecule has 0 saturated carbocycles. The van der Waals surface area contributed by atoms with Crippen molar-refractivity contribution in [1.82, 2.24) is 10.2 Å². The molecule has 0 amide bonds. The fourth-order valence-electron chi connectivity index (χ4n) is 2.47. The van der Waals surface area contributed by atoms with E-state index < -0.39 is 0 Å². The zero-order valence-corrected chi connectivity index (χ0v) is 14.1. The highest BCUT2D eigenvalue weighted by molar-refractivity contribution is 7.99. The molecule has 1 fully saturated rings. The second-order valence-corrected chi connectivity index (χ2v) is 6.61. The highest BCUT2D eigenvalue weighted by Crippen LogP contribution is 2.21. The summed E-state index contributed by atoms with van der Waals surface area (Å²) in [6.07, 6.45) is 1.55. The molecule has 0 aliphatic carbocycles. The van der Waals surface area contributed by atoms with Crippen molar-refractivity contribution in [2.45, 2.75) is 37.8 Å². The molecule has 1 saturated heterocycles. The average Bonchev–Trinajstić information content (AvgIpc) is 2.54. The Morgan fingerprint density at radius 3 is 2.81 bits per heavy atom. The number of morpholine rings is 1. The summed E-state index contributed by atoms with van der Waals surface area (Å²) in [5, 5.41) is 3.43. The Kier molecular flexibility index (Phi) is 7.58. The third kappa shape index (κ3) is 5.99. The first kappa shape index (κ1) is 16.8. The predicted octanol–water partition coefficient (Wildman–Crippen LogP) is 3.00. The van der Waals surface area contributed by atoms with Crippen molar-refractivity contribution < 1.29 is 4.74 Å². The van der Waals surface area contributed by atoms with Crippen molar-refractivity contribution in [3.63, 3.8) is 0 Å². The second kappa shape index (κ2) is 9.46. The van der Waals surface area contributed by atoms with Crippen LogP contribution >= 0.6 is 11.8 Å². The zero-order chi connectivity index (χ0) is 14.9. The molecular weight excluding hydrogens is 280 g/mol. The van der Waals surface area contributed by atoms with Crippen molar-refractivity contribution >= 4 is 11.8 Å². The number of ether oxygens (including phenoxy) is 1. The van der Waals surface area contributed by atoms with E-state index in [1.54, 1.807) is 0 Å². The van der Waals surface area contributed by atoms with Gasteiger partial charge >= 0.3 is 0 Å². The lowest BCUT2D eigenvalue weighted by Crippen LogP contribution is -2.43. The van der Waals surface area contributed by atoms with Gasteiger partial charge in [-0.1, -0.05) is 26.0 Å². The van der Waals surface area contributed by atoms with Gasteiger partial charge in [-0.05, 0) is 37.2 Å². The van der Waals surface area contributed by atoms with Crippen molar-refractivity contribution in [3.8, 4) is 0 Å². The van der Waals surface area contributed by atoms with Gasteiger partial charge in [0.25, 0.3) is 0 Å². The van der Waals surface area contributed by atoms with Crippen LogP contribution < -0.4 is 5.32 Å². The van der Waals surface area contributed by atoms with Crippen LogP contribution in [0.3, 0.4) is 0 Å². The van der Waals surface area contributed by atoms with Crippen LogP contribution in [0.15, 0.2) is 29.2 Å². The Balaban J connectivity index is 1.73. The highest BCUT2D eigenvalue weighted by Gasteiger charge is 2.19. The first-order chi connectivity index (χ1) is 10.3. The molecule has 3 nitrogen and oxygen atoms in total. The Morgan fingerprint density at radius 2 is 2.10 bits per heavy atom. The van der Waals surface area contributed by atoms with Gasteiger partial charge in [0.15, 0.2) is 0 Å². The van der Waals surface area contributed by atoms with Crippen molar-refractivity contribution in [3.05, 3.63) is 29.8 Å². The van der Waals surface area contributed by atoms with Crippen molar-refractivity contribution in [1.29, 1.82) is 0 Å². The molecule has 0 bridgehead atoms. The molecule has 21 heavy (non-hydrogen) atoms. The first-order valence-electron chi connectivity index (χ1n) is 8.08. The lowest BCUT2D eigenvalue weighted by molar-refractivity contribution is -0.0137. The normalized spacial score (nSPS) is 19.8. The van der Waals surface area contributed by atoms with Crippen LogP contribution in [0.1, 0.15) is 25.8 Å². The zero-order valence-electron chi connectivity index (χ0n) is 13.3. The number of hydrogen-bond donors (Lipinski definition) is 1. The second-order valence-electron chi connectivity index (χ2n) is 5.52. The Hall–Kier alpha value is -0.550. The number of rotatable bonds is 8. The number of likely N-dealkylation sites (N-methyl/N-ethyl adjacent to an activating group) is 1. The molecule has 1 heterocycles. The summed E-state index contributed by atoms with van der Waals surface area (Å²) in [5.74, 6) is 1.05. The molecule has 118 valence electrons. The van der Waals surface area contributed by atoms with Gasteiger partial charge in [-0.2, -0.15) is 0 Å². The molecule has 1 aromatic rings. The van der Waals surface area contributed by atoms with Crippen LogP contribution in [0.2, 0.25) is 0 Å². The van der Waals surface area contributed by atoms with Crippen LogP contribution in [-0.4, -0.2) is 49.5 Å². The maximum Gasteiger partial charge on any atom is 0.0796 e. The Morgan fingerprint density at radius 1 is 1.29 bits per heavy atom. The van der Waals surface area contributed by atoms with E-state index in [-0.39, 0.29) is 0 Å².